The van der Waals surface area contributed by atoms with Gasteiger partial charge in [0.05, 0.1) is 13.8 Å². The second-order valence-corrected chi connectivity index (χ2v) is 7.73. The molecule has 0 N–H and O–H groups in total. The average Bonchev–Trinajstić information content (AvgIpc) is 2.97. The summed E-state index contributed by atoms with van der Waals surface area (Å²) >= 11 is 6.94. The largest absolute Gasteiger partial charge is 0.468 e. The zero-order chi connectivity index (χ0) is 18.0. The maximum absolute atomic E-state index is 11.7. The molecule has 25 heavy (non-hydrogen) atoms. The summed E-state index contributed by atoms with van der Waals surface area (Å²) in [7, 11) is 1.42. The van der Waals surface area contributed by atoms with Crippen LogP contribution in [0.4, 0.5) is 0 Å². The van der Waals surface area contributed by atoms with Gasteiger partial charge in [-0.25, -0.2) is 4.68 Å². The van der Waals surface area contributed by atoms with E-state index in [4.69, 9.17) is 21.4 Å². The lowest BCUT2D eigenvalue weighted by Crippen LogP contribution is -2.42. The molecule has 6 nitrogen and oxygen atoms in total. The van der Waals surface area contributed by atoms with Crippen LogP contribution in [0.2, 0.25) is 0 Å². The summed E-state index contributed by atoms with van der Waals surface area (Å²) in [5.74, 6) is 1.20. The fourth-order valence-electron chi connectivity index (χ4n) is 2.68. The summed E-state index contributed by atoms with van der Waals surface area (Å²) in [6.07, 6.45) is 0. The van der Waals surface area contributed by atoms with Crippen molar-refractivity contribution in [3.8, 4) is 11.5 Å². The van der Waals surface area contributed by atoms with E-state index in [0.717, 1.165) is 17.9 Å². The van der Waals surface area contributed by atoms with Gasteiger partial charge in [-0.05, 0) is 49.3 Å². The van der Waals surface area contributed by atoms with Gasteiger partial charge < -0.3 is 9.15 Å². The summed E-state index contributed by atoms with van der Waals surface area (Å²) in [6.45, 7) is 6.11. The summed E-state index contributed by atoms with van der Waals surface area (Å²) in [5, 5.41) is 4.35. The smallest absolute Gasteiger partial charge is 0.320 e. The first-order chi connectivity index (χ1) is 12.0. The highest BCUT2D eigenvalue weighted by Crippen LogP contribution is 2.23. The van der Waals surface area contributed by atoms with Crippen molar-refractivity contribution in [2.75, 3.05) is 26.0 Å². The normalized spacial score (nSPS) is 18.3. The molecule has 0 bridgehead atoms. The number of nitrogens with zero attached hydrogens (tertiary/aromatic N) is 3. The average molecular weight is 380 g/mol. The molecule has 1 aliphatic heterocycles. The van der Waals surface area contributed by atoms with E-state index in [1.807, 2.05) is 18.2 Å². The Balaban J connectivity index is 1.75. The van der Waals surface area contributed by atoms with Crippen molar-refractivity contribution in [2.24, 2.45) is 0 Å². The van der Waals surface area contributed by atoms with E-state index in [1.54, 1.807) is 16.4 Å². The van der Waals surface area contributed by atoms with Crippen molar-refractivity contribution in [2.45, 2.75) is 25.8 Å². The molecule has 1 atom stereocenters. The SMILES string of the molecule is COC(=O)[C@@H]1CN(Cn2nc(-c3ccc(C)c(C)c3)oc2=S)CCS1. The number of carbonyl (C=O) groups is 1. The lowest BCUT2D eigenvalue weighted by molar-refractivity contribution is -0.140. The number of esters is 1. The van der Waals surface area contributed by atoms with E-state index in [0.29, 0.717) is 23.9 Å². The minimum absolute atomic E-state index is 0.168. The molecule has 1 saturated heterocycles. The van der Waals surface area contributed by atoms with Gasteiger partial charge >= 0.3 is 5.97 Å². The Hall–Kier alpha value is -1.64. The van der Waals surface area contributed by atoms with Crippen LogP contribution in [0.15, 0.2) is 22.6 Å². The highest BCUT2D eigenvalue weighted by atomic mass is 32.2. The zero-order valence-electron chi connectivity index (χ0n) is 14.5. The Morgan fingerprint density at radius 1 is 1.44 bits per heavy atom. The third-order valence-corrected chi connectivity index (χ3v) is 5.76. The summed E-state index contributed by atoms with van der Waals surface area (Å²) < 4.78 is 12.2. The predicted molar refractivity (Wildman–Crippen MR) is 100 cm³/mol. The van der Waals surface area contributed by atoms with Crippen LogP contribution in [0.5, 0.6) is 0 Å². The van der Waals surface area contributed by atoms with Crippen molar-refractivity contribution in [1.29, 1.82) is 0 Å². The van der Waals surface area contributed by atoms with Gasteiger partial charge in [-0.2, -0.15) is 0 Å². The summed E-state index contributed by atoms with van der Waals surface area (Å²) in [5.41, 5.74) is 3.32. The number of carbonyl (C=O) groups excluding carboxylic acids is 1. The van der Waals surface area contributed by atoms with Gasteiger partial charge in [-0.15, -0.1) is 16.9 Å². The van der Waals surface area contributed by atoms with Crippen LogP contribution >= 0.6 is 24.0 Å². The third kappa shape index (κ3) is 4.13. The minimum atomic E-state index is -0.186. The quantitative estimate of drug-likeness (QED) is 0.598. The number of rotatable bonds is 4. The molecule has 1 fully saturated rings. The Morgan fingerprint density at radius 2 is 2.24 bits per heavy atom. The number of hydrogen-bond donors (Lipinski definition) is 0. The molecule has 0 unspecified atom stereocenters. The molecule has 0 aliphatic carbocycles. The van der Waals surface area contributed by atoms with Crippen molar-refractivity contribution >= 4 is 29.9 Å². The van der Waals surface area contributed by atoms with Crippen LogP contribution in [0.3, 0.4) is 0 Å². The molecule has 8 heteroatoms. The first-order valence-corrected chi connectivity index (χ1v) is 9.51. The Kier molecular flexibility index (Phi) is 5.61. The number of hydrogen-bond acceptors (Lipinski definition) is 7. The van der Waals surface area contributed by atoms with E-state index in [2.05, 4.69) is 23.8 Å². The van der Waals surface area contributed by atoms with E-state index in [9.17, 15) is 4.79 Å². The fourth-order valence-corrected chi connectivity index (χ4v) is 4.06. The van der Waals surface area contributed by atoms with Crippen LogP contribution in [-0.4, -0.2) is 51.9 Å². The molecule has 2 heterocycles. The fraction of sp³-hybridized carbons (Fsp3) is 0.471. The highest BCUT2D eigenvalue weighted by molar-refractivity contribution is 8.00. The van der Waals surface area contributed by atoms with Crippen LogP contribution in [-0.2, 0) is 16.2 Å². The molecule has 0 radical (unpaired) electrons. The van der Waals surface area contributed by atoms with Gasteiger partial charge in [0.2, 0.25) is 5.89 Å². The van der Waals surface area contributed by atoms with Crippen LogP contribution in [0.1, 0.15) is 11.1 Å². The second-order valence-electron chi connectivity index (χ2n) is 6.07. The minimum Gasteiger partial charge on any atom is -0.468 e. The first kappa shape index (κ1) is 18.2. The molecule has 134 valence electrons. The van der Waals surface area contributed by atoms with E-state index < -0.39 is 0 Å². The number of ether oxygens (including phenoxy) is 1. The lowest BCUT2D eigenvalue weighted by atomic mass is 10.1. The molecule has 0 amide bonds. The topological polar surface area (TPSA) is 60.5 Å². The molecule has 0 saturated carbocycles. The maximum atomic E-state index is 11.7. The van der Waals surface area contributed by atoms with Crippen LogP contribution in [0, 0.1) is 18.7 Å². The molecule has 2 aromatic rings. The standard InChI is InChI=1S/C17H21N3O3S2/c1-11-4-5-13(8-12(11)2)15-18-20(17(24)23-15)10-19-6-7-25-14(9-19)16(21)22-3/h4-5,8,14H,6-7,9-10H2,1-3H3/t14-/m0/s1. The first-order valence-electron chi connectivity index (χ1n) is 8.05. The Labute approximate surface area is 156 Å². The second kappa shape index (κ2) is 7.72. The van der Waals surface area contributed by atoms with Crippen molar-refractivity contribution in [1.82, 2.24) is 14.7 Å². The summed E-state index contributed by atoms with van der Waals surface area (Å²) in [4.78, 5) is 14.2. The number of benzene rings is 1. The number of aromatic nitrogens is 2. The van der Waals surface area contributed by atoms with Gasteiger partial charge in [0.1, 0.15) is 5.25 Å². The van der Waals surface area contributed by atoms with Gasteiger partial charge in [0, 0.05) is 24.4 Å². The number of aryl methyl sites for hydroxylation is 2. The number of thioether (sulfide) groups is 1. The molecule has 1 aromatic carbocycles. The predicted octanol–water partition coefficient (Wildman–Crippen LogP) is 3.04. The summed E-state index contributed by atoms with van der Waals surface area (Å²) in [6, 6.07) is 6.08. The number of methoxy groups -OCH3 is 1. The maximum Gasteiger partial charge on any atom is 0.320 e. The van der Waals surface area contributed by atoms with Gasteiger partial charge in [-0.1, -0.05) is 6.07 Å². The van der Waals surface area contributed by atoms with E-state index in [1.165, 1.54) is 18.2 Å². The third-order valence-electron chi connectivity index (χ3n) is 4.31. The van der Waals surface area contributed by atoms with Crippen molar-refractivity contribution in [3.63, 3.8) is 0 Å². The monoisotopic (exact) mass is 379 g/mol. The van der Waals surface area contributed by atoms with E-state index >= 15 is 0 Å². The molecule has 1 aromatic heterocycles. The molecule has 0 spiro atoms. The van der Waals surface area contributed by atoms with Crippen molar-refractivity contribution in [3.05, 3.63) is 34.2 Å². The van der Waals surface area contributed by atoms with Crippen molar-refractivity contribution < 1.29 is 13.9 Å². The Morgan fingerprint density at radius 3 is 2.96 bits per heavy atom. The lowest BCUT2D eigenvalue weighted by Gasteiger charge is -2.30. The van der Waals surface area contributed by atoms with Crippen LogP contribution < -0.4 is 0 Å². The van der Waals surface area contributed by atoms with E-state index in [-0.39, 0.29) is 11.2 Å². The van der Waals surface area contributed by atoms with Crippen LogP contribution in [0.25, 0.3) is 11.5 Å². The van der Waals surface area contributed by atoms with Gasteiger partial charge in [0.25, 0.3) is 4.84 Å². The van der Waals surface area contributed by atoms with Gasteiger partial charge in [0.15, 0.2) is 0 Å². The molecule has 3 rings (SSSR count). The Bertz CT molecular complexity index is 831. The molecular formula is C17H21N3O3S2. The molecule has 1 aliphatic rings. The molecular weight excluding hydrogens is 358 g/mol. The highest BCUT2D eigenvalue weighted by Gasteiger charge is 2.27. The van der Waals surface area contributed by atoms with Gasteiger partial charge in [-0.3, -0.25) is 9.69 Å². The zero-order valence-corrected chi connectivity index (χ0v) is 16.2.